The Morgan fingerprint density at radius 2 is 2.07 bits per heavy atom. The van der Waals surface area contributed by atoms with Gasteiger partial charge >= 0.3 is 0 Å². The van der Waals surface area contributed by atoms with Gasteiger partial charge in [0.1, 0.15) is 5.82 Å². The molecule has 1 aromatic carbocycles. The quantitative estimate of drug-likeness (QED) is 0.539. The van der Waals surface area contributed by atoms with Gasteiger partial charge in [0.05, 0.1) is 18.8 Å². The predicted octanol–water partition coefficient (Wildman–Crippen LogP) is 2.69. The van der Waals surface area contributed by atoms with E-state index in [-0.39, 0.29) is 17.3 Å². The molecule has 2 N–H and O–H groups in total. The fourth-order valence-electron chi connectivity index (χ4n) is 3.02. The van der Waals surface area contributed by atoms with Crippen molar-refractivity contribution in [2.75, 3.05) is 33.7 Å². The van der Waals surface area contributed by atoms with Crippen LogP contribution < -0.4 is 10.6 Å². The molecule has 1 unspecified atom stereocenters. The summed E-state index contributed by atoms with van der Waals surface area (Å²) in [5, 5.41) is 11.0. The molecule has 28 heavy (non-hydrogen) atoms. The summed E-state index contributed by atoms with van der Waals surface area (Å²) in [6.07, 6.45) is 3.92. The highest BCUT2D eigenvalue weighted by atomic mass is 19.1. The predicted molar refractivity (Wildman–Crippen MR) is 113 cm³/mol. The summed E-state index contributed by atoms with van der Waals surface area (Å²) in [7, 11) is 6.02. The summed E-state index contributed by atoms with van der Waals surface area (Å²) < 4.78 is 15.4. The van der Waals surface area contributed by atoms with E-state index in [1.807, 2.05) is 37.1 Å². The number of aliphatic imine (C=N–C) groups is 1. The van der Waals surface area contributed by atoms with Crippen molar-refractivity contribution >= 4 is 5.96 Å². The molecular formula is C21H33FN6. The highest BCUT2D eigenvalue weighted by Crippen LogP contribution is 2.24. The normalized spacial score (nSPS) is 13.6. The van der Waals surface area contributed by atoms with E-state index in [1.165, 1.54) is 6.07 Å². The maximum absolute atomic E-state index is 13.6. The first-order valence-electron chi connectivity index (χ1n) is 9.66. The van der Waals surface area contributed by atoms with Gasteiger partial charge in [0, 0.05) is 37.3 Å². The average Bonchev–Trinajstić information content (AvgIpc) is 3.05. The standard InChI is InChI=1S/C21H33FN6/c1-7-23-20(24-13-19(27(4)5)16-12-26-28(6)14-16)25-15-21(2,3)17-9-8-10-18(22)11-17/h8-12,14,19H,7,13,15H2,1-6H3,(H2,23,24,25). The molecule has 1 aromatic heterocycles. The Labute approximate surface area is 167 Å². The minimum Gasteiger partial charge on any atom is -0.357 e. The van der Waals surface area contributed by atoms with E-state index >= 15 is 0 Å². The lowest BCUT2D eigenvalue weighted by Gasteiger charge is -2.26. The molecule has 0 saturated heterocycles. The molecular weight excluding hydrogens is 355 g/mol. The van der Waals surface area contributed by atoms with Crippen molar-refractivity contribution in [1.29, 1.82) is 0 Å². The number of halogens is 1. The van der Waals surface area contributed by atoms with Crippen LogP contribution in [-0.2, 0) is 12.5 Å². The van der Waals surface area contributed by atoms with Crippen LogP contribution in [0.25, 0.3) is 0 Å². The first kappa shape index (κ1) is 21.9. The van der Waals surface area contributed by atoms with Crippen LogP contribution in [0, 0.1) is 5.82 Å². The summed E-state index contributed by atoms with van der Waals surface area (Å²) in [5.41, 5.74) is 1.82. The third-order valence-electron chi connectivity index (χ3n) is 4.78. The van der Waals surface area contributed by atoms with Crippen LogP contribution in [0.2, 0.25) is 0 Å². The molecule has 6 nitrogen and oxygen atoms in total. The SMILES string of the molecule is CCNC(=NCC(C)(C)c1cccc(F)c1)NCC(c1cnn(C)c1)N(C)C. The summed E-state index contributed by atoms with van der Waals surface area (Å²) in [4.78, 5) is 6.91. The van der Waals surface area contributed by atoms with E-state index in [2.05, 4.69) is 48.6 Å². The van der Waals surface area contributed by atoms with Crippen LogP contribution in [0.1, 0.15) is 37.9 Å². The number of aryl methyl sites for hydroxylation is 1. The molecule has 1 heterocycles. The second kappa shape index (κ2) is 9.68. The summed E-state index contributed by atoms with van der Waals surface area (Å²) in [5.74, 6) is 0.535. The lowest BCUT2D eigenvalue weighted by atomic mass is 9.85. The Morgan fingerprint density at radius 3 is 2.64 bits per heavy atom. The molecule has 0 aliphatic heterocycles. The van der Waals surface area contributed by atoms with E-state index in [0.29, 0.717) is 13.1 Å². The van der Waals surface area contributed by atoms with Crippen molar-refractivity contribution in [3.63, 3.8) is 0 Å². The number of hydrogen-bond donors (Lipinski definition) is 2. The molecule has 0 spiro atoms. The smallest absolute Gasteiger partial charge is 0.191 e. The Balaban J connectivity index is 2.08. The molecule has 0 saturated carbocycles. The van der Waals surface area contributed by atoms with Gasteiger partial charge in [-0.05, 0) is 38.7 Å². The number of nitrogens with one attached hydrogen (secondary N) is 2. The number of hydrogen-bond acceptors (Lipinski definition) is 3. The van der Waals surface area contributed by atoms with Crippen molar-refractivity contribution in [3.8, 4) is 0 Å². The van der Waals surface area contributed by atoms with Gasteiger partial charge in [-0.25, -0.2) is 4.39 Å². The van der Waals surface area contributed by atoms with E-state index in [4.69, 9.17) is 4.99 Å². The largest absolute Gasteiger partial charge is 0.357 e. The fourth-order valence-corrected chi connectivity index (χ4v) is 3.02. The molecule has 0 aliphatic carbocycles. The Morgan fingerprint density at radius 1 is 1.32 bits per heavy atom. The van der Waals surface area contributed by atoms with E-state index < -0.39 is 0 Å². The molecule has 154 valence electrons. The van der Waals surface area contributed by atoms with Gasteiger partial charge in [-0.1, -0.05) is 26.0 Å². The monoisotopic (exact) mass is 388 g/mol. The number of likely N-dealkylation sites (N-methyl/N-ethyl adjacent to an activating group) is 1. The third-order valence-corrected chi connectivity index (χ3v) is 4.78. The highest BCUT2D eigenvalue weighted by molar-refractivity contribution is 5.79. The molecule has 7 heteroatoms. The zero-order valence-corrected chi connectivity index (χ0v) is 17.8. The molecule has 2 rings (SSSR count). The van der Waals surface area contributed by atoms with E-state index in [1.54, 1.807) is 12.1 Å². The number of rotatable bonds is 8. The van der Waals surface area contributed by atoms with Crippen LogP contribution in [0.3, 0.4) is 0 Å². The zero-order valence-electron chi connectivity index (χ0n) is 17.8. The van der Waals surface area contributed by atoms with Crippen molar-refractivity contribution in [2.45, 2.75) is 32.2 Å². The minimum absolute atomic E-state index is 0.175. The van der Waals surface area contributed by atoms with E-state index in [9.17, 15) is 4.39 Å². The molecule has 0 fully saturated rings. The molecule has 1 atom stereocenters. The van der Waals surface area contributed by atoms with Crippen LogP contribution in [-0.4, -0.2) is 54.4 Å². The van der Waals surface area contributed by atoms with Crippen LogP contribution >= 0.6 is 0 Å². The second-order valence-corrected chi connectivity index (χ2v) is 7.90. The highest BCUT2D eigenvalue weighted by Gasteiger charge is 2.21. The first-order valence-corrected chi connectivity index (χ1v) is 9.66. The van der Waals surface area contributed by atoms with Gasteiger partial charge < -0.3 is 15.5 Å². The first-order chi connectivity index (χ1) is 13.2. The van der Waals surface area contributed by atoms with Crippen molar-refractivity contribution in [2.24, 2.45) is 12.0 Å². The number of benzene rings is 1. The minimum atomic E-state index is -0.269. The molecule has 0 radical (unpaired) electrons. The Hall–Kier alpha value is -2.41. The number of aromatic nitrogens is 2. The molecule has 0 aliphatic rings. The maximum Gasteiger partial charge on any atom is 0.191 e. The Bertz CT molecular complexity index is 781. The summed E-state index contributed by atoms with van der Waals surface area (Å²) in [6, 6.07) is 6.92. The topological polar surface area (TPSA) is 57.5 Å². The number of guanidine groups is 1. The van der Waals surface area contributed by atoms with Gasteiger partial charge in [-0.15, -0.1) is 0 Å². The third kappa shape index (κ3) is 6.05. The van der Waals surface area contributed by atoms with Gasteiger partial charge in [0.2, 0.25) is 0 Å². The fraction of sp³-hybridized carbons (Fsp3) is 0.524. The maximum atomic E-state index is 13.6. The van der Waals surface area contributed by atoms with Gasteiger partial charge in [0.15, 0.2) is 5.96 Å². The lowest BCUT2D eigenvalue weighted by molar-refractivity contribution is 0.298. The van der Waals surface area contributed by atoms with Crippen molar-refractivity contribution in [3.05, 3.63) is 53.6 Å². The Kier molecular flexibility index (Phi) is 7.57. The summed E-state index contributed by atoms with van der Waals surface area (Å²) in [6.45, 7) is 8.21. The molecule has 0 amide bonds. The van der Waals surface area contributed by atoms with Crippen LogP contribution in [0.4, 0.5) is 4.39 Å². The van der Waals surface area contributed by atoms with Crippen molar-refractivity contribution in [1.82, 2.24) is 25.3 Å². The molecule has 2 aromatic rings. The summed E-state index contributed by atoms with van der Waals surface area (Å²) >= 11 is 0. The van der Waals surface area contributed by atoms with Crippen LogP contribution in [0.15, 0.2) is 41.7 Å². The zero-order chi connectivity index (χ0) is 20.7. The lowest BCUT2D eigenvalue weighted by Crippen LogP contribution is -2.42. The molecule has 0 bridgehead atoms. The average molecular weight is 389 g/mol. The number of nitrogens with zero attached hydrogens (tertiary/aromatic N) is 4. The van der Waals surface area contributed by atoms with Gasteiger partial charge in [0.25, 0.3) is 0 Å². The van der Waals surface area contributed by atoms with Gasteiger partial charge in [-0.3, -0.25) is 9.67 Å². The van der Waals surface area contributed by atoms with Crippen LogP contribution in [0.5, 0.6) is 0 Å². The van der Waals surface area contributed by atoms with E-state index in [0.717, 1.165) is 23.6 Å². The van der Waals surface area contributed by atoms with Crippen molar-refractivity contribution < 1.29 is 4.39 Å². The van der Waals surface area contributed by atoms with Gasteiger partial charge in [-0.2, -0.15) is 5.10 Å². The second-order valence-electron chi connectivity index (χ2n) is 7.90.